The van der Waals surface area contributed by atoms with Gasteiger partial charge in [0.2, 0.25) is 0 Å². The molecule has 5 rings (SSSR count). The monoisotopic (exact) mass is 383 g/mol. The highest BCUT2D eigenvalue weighted by Gasteiger charge is 2.36. The van der Waals surface area contributed by atoms with Gasteiger partial charge in [0.15, 0.2) is 0 Å². The van der Waals surface area contributed by atoms with Gasteiger partial charge < -0.3 is 0 Å². The van der Waals surface area contributed by atoms with Crippen LogP contribution in [0.5, 0.6) is 0 Å². The van der Waals surface area contributed by atoms with E-state index in [1.54, 1.807) is 47.3 Å². The number of fused-ring (bicyclic) bond motifs is 1. The van der Waals surface area contributed by atoms with Gasteiger partial charge in [0.25, 0.3) is 11.8 Å². The maximum atomic E-state index is 12.6. The number of nitrogens with zero attached hydrogens (tertiary/aromatic N) is 5. The smallest absolute Gasteiger partial charge is 0.266 e. The Labute approximate surface area is 166 Å². The third-order valence-electron chi connectivity index (χ3n) is 5.27. The van der Waals surface area contributed by atoms with E-state index in [0.29, 0.717) is 16.8 Å². The van der Waals surface area contributed by atoms with Crippen molar-refractivity contribution >= 4 is 17.5 Å². The normalized spacial score (nSPS) is 13.2. The van der Waals surface area contributed by atoms with Crippen LogP contribution in [0, 0.1) is 6.92 Å². The zero-order chi connectivity index (χ0) is 20.1. The van der Waals surface area contributed by atoms with Gasteiger partial charge in [-0.1, -0.05) is 12.1 Å². The fraction of sp³-hybridized carbons (Fsp3) is 0.0909. The van der Waals surface area contributed by atoms with Crippen molar-refractivity contribution in [3.63, 3.8) is 0 Å². The molecule has 0 saturated carbocycles. The zero-order valence-corrected chi connectivity index (χ0v) is 15.9. The SMILES string of the molecule is Cc1c(-c2ccn(-c3ccc(N4C(=O)c5ccccc5C4=O)cc3)n2)cnn1C. The Hall–Kier alpha value is -4.00. The summed E-state index contributed by atoms with van der Waals surface area (Å²) in [6, 6.07) is 16.0. The fourth-order valence-electron chi connectivity index (χ4n) is 3.54. The van der Waals surface area contributed by atoms with Gasteiger partial charge in [-0.05, 0) is 49.4 Å². The molecule has 2 aromatic carbocycles. The first-order valence-electron chi connectivity index (χ1n) is 9.17. The molecule has 142 valence electrons. The molecule has 7 heteroatoms. The summed E-state index contributed by atoms with van der Waals surface area (Å²) in [5.74, 6) is -0.599. The number of anilines is 1. The molecule has 0 unspecified atom stereocenters. The van der Waals surface area contributed by atoms with E-state index in [1.165, 1.54) is 4.90 Å². The van der Waals surface area contributed by atoms with Crippen LogP contribution in [0.1, 0.15) is 26.4 Å². The lowest BCUT2D eigenvalue weighted by Crippen LogP contribution is -2.29. The minimum absolute atomic E-state index is 0.299. The second-order valence-electron chi connectivity index (χ2n) is 6.92. The number of hydrogen-bond donors (Lipinski definition) is 0. The van der Waals surface area contributed by atoms with Crippen molar-refractivity contribution in [1.82, 2.24) is 19.6 Å². The number of aromatic nitrogens is 4. The van der Waals surface area contributed by atoms with Crippen LogP contribution in [0.15, 0.2) is 67.0 Å². The maximum Gasteiger partial charge on any atom is 0.266 e. The van der Waals surface area contributed by atoms with Crippen molar-refractivity contribution in [2.24, 2.45) is 7.05 Å². The van der Waals surface area contributed by atoms with Gasteiger partial charge in [-0.15, -0.1) is 0 Å². The van der Waals surface area contributed by atoms with Crippen molar-refractivity contribution in [1.29, 1.82) is 0 Å². The number of rotatable bonds is 3. The molecule has 0 saturated heterocycles. The second kappa shape index (κ2) is 6.27. The van der Waals surface area contributed by atoms with Crippen LogP contribution in [-0.4, -0.2) is 31.4 Å². The summed E-state index contributed by atoms with van der Waals surface area (Å²) in [5.41, 5.74) is 5.09. The molecular weight excluding hydrogens is 366 g/mol. The molecule has 2 aromatic heterocycles. The summed E-state index contributed by atoms with van der Waals surface area (Å²) in [6.07, 6.45) is 3.67. The molecule has 0 aliphatic carbocycles. The highest BCUT2D eigenvalue weighted by atomic mass is 16.2. The summed E-state index contributed by atoms with van der Waals surface area (Å²) in [7, 11) is 1.90. The zero-order valence-electron chi connectivity index (χ0n) is 15.9. The molecule has 3 heterocycles. The molecule has 29 heavy (non-hydrogen) atoms. The average molecular weight is 383 g/mol. The minimum Gasteiger partial charge on any atom is -0.272 e. The lowest BCUT2D eigenvalue weighted by Gasteiger charge is -2.14. The van der Waals surface area contributed by atoms with Gasteiger partial charge in [-0.25, -0.2) is 9.58 Å². The minimum atomic E-state index is -0.299. The molecular formula is C22H17N5O2. The van der Waals surface area contributed by atoms with Crippen LogP contribution in [-0.2, 0) is 7.05 Å². The summed E-state index contributed by atoms with van der Waals surface area (Å²) in [6.45, 7) is 2.00. The van der Waals surface area contributed by atoms with E-state index < -0.39 is 0 Å². The number of hydrogen-bond acceptors (Lipinski definition) is 4. The number of benzene rings is 2. The highest BCUT2D eigenvalue weighted by molar-refractivity contribution is 6.34. The second-order valence-corrected chi connectivity index (χ2v) is 6.92. The fourth-order valence-corrected chi connectivity index (χ4v) is 3.54. The number of imide groups is 1. The Morgan fingerprint density at radius 2 is 1.41 bits per heavy atom. The summed E-state index contributed by atoms with van der Waals surface area (Å²) >= 11 is 0. The van der Waals surface area contributed by atoms with Gasteiger partial charge in [-0.3, -0.25) is 14.3 Å². The van der Waals surface area contributed by atoms with E-state index in [1.807, 2.05) is 43.0 Å². The Morgan fingerprint density at radius 1 is 0.793 bits per heavy atom. The predicted octanol–water partition coefficient (Wildman–Crippen LogP) is 3.38. The quantitative estimate of drug-likeness (QED) is 0.509. The van der Waals surface area contributed by atoms with E-state index in [9.17, 15) is 9.59 Å². The average Bonchev–Trinajstić information content (AvgIpc) is 3.41. The Kier molecular flexibility index (Phi) is 3.70. The predicted molar refractivity (Wildman–Crippen MR) is 108 cm³/mol. The maximum absolute atomic E-state index is 12.6. The van der Waals surface area contributed by atoms with Gasteiger partial charge in [0.1, 0.15) is 0 Å². The van der Waals surface area contributed by atoms with E-state index in [2.05, 4.69) is 10.2 Å². The first-order chi connectivity index (χ1) is 14.0. The Morgan fingerprint density at radius 3 is 2.00 bits per heavy atom. The molecule has 0 radical (unpaired) electrons. The number of amides is 2. The van der Waals surface area contributed by atoms with Crippen molar-refractivity contribution < 1.29 is 9.59 Å². The molecule has 0 N–H and O–H groups in total. The first kappa shape index (κ1) is 17.1. The van der Waals surface area contributed by atoms with Crippen molar-refractivity contribution in [2.75, 3.05) is 4.90 Å². The van der Waals surface area contributed by atoms with E-state index in [4.69, 9.17) is 0 Å². The molecule has 0 atom stereocenters. The van der Waals surface area contributed by atoms with Crippen LogP contribution in [0.3, 0.4) is 0 Å². The van der Waals surface area contributed by atoms with E-state index in [-0.39, 0.29) is 11.8 Å². The van der Waals surface area contributed by atoms with Crippen molar-refractivity contribution in [3.05, 3.63) is 83.8 Å². The number of carbonyl (C=O) groups is 2. The molecule has 0 bridgehead atoms. The van der Waals surface area contributed by atoms with Crippen LogP contribution in [0.25, 0.3) is 16.9 Å². The van der Waals surface area contributed by atoms with E-state index in [0.717, 1.165) is 22.6 Å². The van der Waals surface area contributed by atoms with Gasteiger partial charge >= 0.3 is 0 Å². The third-order valence-corrected chi connectivity index (χ3v) is 5.27. The molecule has 7 nitrogen and oxygen atoms in total. The standard InChI is InChI=1S/C22H17N5O2/c1-14-19(13-23-25(14)2)20-11-12-26(24-20)15-7-9-16(10-8-15)27-21(28)17-5-3-4-6-18(17)22(27)29/h3-13H,1-2H3. The van der Waals surface area contributed by atoms with Crippen LogP contribution in [0.2, 0.25) is 0 Å². The molecule has 0 spiro atoms. The summed E-state index contributed by atoms with van der Waals surface area (Å²) in [5, 5.41) is 8.89. The van der Waals surface area contributed by atoms with Crippen LogP contribution in [0.4, 0.5) is 5.69 Å². The van der Waals surface area contributed by atoms with Gasteiger partial charge in [0.05, 0.1) is 34.4 Å². The van der Waals surface area contributed by atoms with Gasteiger partial charge in [0, 0.05) is 24.5 Å². The largest absolute Gasteiger partial charge is 0.272 e. The first-order valence-corrected chi connectivity index (χ1v) is 9.17. The lowest BCUT2D eigenvalue weighted by molar-refractivity contribution is 0.0926. The number of aryl methyl sites for hydroxylation is 1. The Balaban J connectivity index is 1.44. The molecule has 1 aliphatic heterocycles. The lowest BCUT2D eigenvalue weighted by atomic mass is 10.1. The van der Waals surface area contributed by atoms with E-state index >= 15 is 0 Å². The molecule has 1 aliphatic rings. The van der Waals surface area contributed by atoms with Crippen LogP contribution >= 0.6 is 0 Å². The van der Waals surface area contributed by atoms with Crippen molar-refractivity contribution in [3.8, 4) is 16.9 Å². The highest BCUT2D eigenvalue weighted by Crippen LogP contribution is 2.29. The summed E-state index contributed by atoms with van der Waals surface area (Å²) in [4.78, 5) is 26.5. The molecule has 0 fully saturated rings. The molecule has 2 amide bonds. The van der Waals surface area contributed by atoms with Gasteiger partial charge in [-0.2, -0.15) is 10.2 Å². The van der Waals surface area contributed by atoms with Crippen molar-refractivity contribution in [2.45, 2.75) is 6.92 Å². The Bertz CT molecular complexity index is 1230. The number of carbonyl (C=O) groups excluding carboxylic acids is 2. The molecule has 4 aromatic rings. The summed E-state index contributed by atoms with van der Waals surface area (Å²) < 4.78 is 3.57. The topological polar surface area (TPSA) is 73.0 Å². The van der Waals surface area contributed by atoms with Crippen LogP contribution < -0.4 is 4.90 Å². The third kappa shape index (κ3) is 2.59.